The highest BCUT2D eigenvalue weighted by Crippen LogP contribution is 1.84. The topological polar surface area (TPSA) is 32.9 Å². The minimum absolute atomic E-state index is 0.595. The third-order valence-corrected chi connectivity index (χ3v) is 0.602. The first-order valence-electron chi connectivity index (χ1n) is 4.95. The number of hydrogen-bond acceptors (Lipinski definition) is 1. The maximum absolute atomic E-state index is 10.9. The lowest BCUT2D eigenvalue weighted by molar-refractivity contribution is 1.20. The molecule has 0 saturated heterocycles. The normalized spacial score (nSPS) is 21.5. The summed E-state index contributed by atoms with van der Waals surface area (Å²) in [5, 5.41) is 0. The largest absolute Gasteiger partial charge is 0.329 e. The molecule has 0 spiro atoms. The molecular formula is C6H7NO. The average Bonchev–Trinajstić information content (AvgIpc) is 1.97. The quantitative estimate of drug-likeness (QED) is 0.530. The molecule has 1 heterocycles. The Balaban J connectivity index is 3.61. The van der Waals surface area contributed by atoms with E-state index in [1.807, 2.05) is 4.98 Å². The van der Waals surface area contributed by atoms with Crippen molar-refractivity contribution in [1.82, 2.24) is 4.98 Å². The van der Waals surface area contributed by atoms with Crippen LogP contribution in [0.2, 0.25) is 0 Å². The van der Waals surface area contributed by atoms with Gasteiger partial charge in [-0.25, -0.2) is 0 Å². The zero-order chi connectivity index (χ0) is 11.1. The van der Waals surface area contributed by atoms with Gasteiger partial charge in [0.25, 0.3) is 0 Å². The van der Waals surface area contributed by atoms with Crippen LogP contribution < -0.4 is 5.56 Å². The fraction of sp³-hybridized carbons (Fsp3) is 0.167. The SMILES string of the molecule is [2H]c1[nH]c(=O)c([2H])c([2H])c1C([2H])([2H])[2H]. The first-order chi connectivity index (χ1) is 6.25. The van der Waals surface area contributed by atoms with Crippen LogP contribution in [0, 0.1) is 6.85 Å². The number of rotatable bonds is 0. The summed E-state index contributed by atoms with van der Waals surface area (Å²) in [6.07, 6.45) is -0.629. The molecule has 0 radical (unpaired) electrons. The van der Waals surface area contributed by atoms with Crippen LogP contribution in [0.1, 0.15) is 13.8 Å². The van der Waals surface area contributed by atoms with E-state index in [4.69, 9.17) is 8.22 Å². The zero-order valence-electron chi connectivity index (χ0n) is 9.91. The van der Waals surface area contributed by atoms with E-state index in [0.29, 0.717) is 0 Å². The fourth-order valence-electron chi connectivity index (χ4n) is 0.301. The van der Waals surface area contributed by atoms with Crippen molar-refractivity contribution < 1.29 is 8.22 Å². The van der Waals surface area contributed by atoms with E-state index in [1.165, 1.54) is 0 Å². The Bertz CT molecular complexity index is 420. The molecule has 0 saturated carbocycles. The number of pyridine rings is 1. The highest BCUT2D eigenvalue weighted by Gasteiger charge is 1.78. The molecule has 0 bridgehead atoms. The Kier molecular flexibility index (Phi) is 0.334. The summed E-state index contributed by atoms with van der Waals surface area (Å²) in [4.78, 5) is 12.8. The third-order valence-electron chi connectivity index (χ3n) is 0.602. The van der Waals surface area contributed by atoms with Crippen molar-refractivity contribution >= 4 is 0 Å². The number of hydrogen-bond donors (Lipinski definition) is 1. The molecule has 2 nitrogen and oxygen atoms in total. The lowest BCUT2D eigenvalue weighted by atomic mass is 10.3. The summed E-state index contributed by atoms with van der Waals surface area (Å²) < 4.78 is 42.6. The molecule has 8 heavy (non-hydrogen) atoms. The van der Waals surface area contributed by atoms with Gasteiger partial charge in [-0.1, -0.05) is 6.04 Å². The van der Waals surface area contributed by atoms with Crippen molar-refractivity contribution in [3.8, 4) is 0 Å². The summed E-state index contributed by atoms with van der Waals surface area (Å²) in [5.41, 5.74) is -1.52. The average molecular weight is 115 g/mol. The minimum Gasteiger partial charge on any atom is -0.329 e. The predicted octanol–water partition coefficient (Wildman–Crippen LogP) is 0.683. The Hall–Kier alpha value is -1.05. The van der Waals surface area contributed by atoms with Gasteiger partial charge in [0.2, 0.25) is 5.56 Å². The Labute approximate surface area is 55.6 Å². The van der Waals surface area contributed by atoms with Crippen LogP contribution in [0.4, 0.5) is 0 Å². The van der Waals surface area contributed by atoms with Crippen LogP contribution in [0.15, 0.2) is 23.1 Å². The predicted molar refractivity (Wildman–Crippen MR) is 31.8 cm³/mol. The summed E-state index contributed by atoms with van der Waals surface area (Å²) >= 11 is 0. The molecule has 0 aromatic carbocycles. The zero-order valence-corrected chi connectivity index (χ0v) is 3.91. The maximum atomic E-state index is 10.9. The van der Waals surface area contributed by atoms with Crippen molar-refractivity contribution in [2.45, 2.75) is 6.85 Å². The third kappa shape index (κ3) is 0.964. The van der Waals surface area contributed by atoms with Crippen molar-refractivity contribution in [1.29, 1.82) is 0 Å². The van der Waals surface area contributed by atoms with E-state index in [9.17, 15) is 4.79 Å². The fourth-order valence-corrected chi connectivity index (χ4v) is 0.301. The number of aromatic nitrogens is 1. The minimum atomic E-state index is -2.66. The maximum Gasteiger partial charge on any atom is 0.247 e. The van der Waals surface area contributed by atoms with Gasteiger partial charge in [0.1, 0.15) is 0 Å². The molecule has 0 aliphatic rings. The number of aromatic amines is 1. The van der Waals surface area contributed by atoms with Crippen LogP contribution in [0.25, 0.3) is 0 Å². The van der Waals surface area contributed by atoms with Gasteiger partial charge in [0, 0.05) is 16.3 Å². The first-order valence-corrected chi connectivity index (χ1v) is 1.95. The Morgan fingerprint density at radius 1 is 1.88 bits per heavy atom. The summed E-state index contributed by atoms with van der Waals surface area (Å²) in [6.45, 7) is -2.66. The monoisotopic (exact) mass is 115 g/mol. The Morgan fingerprint density at radius 2 is 2.75 bits per heavy atom. The summed E-state index contributed by atoms with van der Waals surface area (Å²) in [6, 6.07) is -1.44. The van der Waals surface area contributed by atoms with Crippen molar-refractivity contribution in [2.75, 3.05) is 0 Å². The van der Waals surface area contributed by atoms with Crippen molar-refractivity contribution in [3.05, 3.63) is 34.2 Å². The van der Waals surface area contributed by atoms with Crippen LogP contribution in [-0.4, -0.2) is 4.98 Å². The van der Waals surface area contributed by atoms with E-state index in [1.54, 1.807) is 0 Å². The van der Waals surface area contributed by atoms with E-state index in [2.05, 4.69) is 0 Å². The molecule has 2 heteroatoms. The molecule has 0 fully saturated rings. The van der Waals surface area contributed by atoms with Gasteiger partial charge in [-0.05, 0) is 12.4 Å². The van der Waals surface area contributed by atoms with Crippen molar-refractivity contribution in [2.24, 2.45) is 0 Å². The van der Waals surface area contributed by atoms with E-state index in [0.717, 1.165) is 0 Å². The molecule has 0 aliphatic carbocycles. The smallest absolute Gasteiger partial charge is 0.247 e. The van der Waals surface area contributed by atoms with Gasteiger partial charge >= 0.3 is 0 Å². The van der Waals surface area contributed by atoms with Crippen molar-refractivity contribution in [3.63, 3.8) is 0 Å². The van der Waals surface area contributed by atoms with E-state index in [-0.39, 0.29) is 0 Å². The molecule has 1 aromatic heterocycles. The number of H-pyrrole nitrogens is 1. The summed E-state index contributed by atoms with van der Waals surface area (Å²) in [5.74, 6) is 0. The summed E-state index contributed by atoms with van der Waals surface area (Å²) in [7, 11) is 0. The molecule has 1 rings (SSSR count). The van der Waals surface area contributed by atoms with Crippen LogP contribution in [0.3, 0.4) is 0 Å². The van der Waals surface area contributed by atoms with Crippen LogP contribution in [0.5, 0.6) is 0 Å². The van der Waals surface area contributed by atoms with Gasteiger partial charge in [-0.15, -0.1) is 0 Å². The molecule has 0 unspecified atom stereocenters. The Morgan fingerprint density at radius 3 is 3.50 bits per heavy atom. The van der Waals surface area contributed by atoms with Gasteiger partial charge in [-0.3, -0.25) is 4.79 Å². The van der Waals surface area contributed by atoms with E-state index >= 15 is 0 Å². The van der Waals surface area contributed by atoms with Crippen LogP contribution in [-0.2, 0) is 0 Å². The lowest BCUT2D eigenvalue weighted by Gasteiger charge is -1.83. The molecule has 1 aromatic rings. The van der Waals surface area contributed by atoms with Crippen LogP contribution >= 0.6 is 0 Å². The second kappa shape index (κ2) is 1.82. The molecule has 0 atom stereocenters. The second-order valence-electron chi connectivity index (χ2n) is 1.20. The molecule has 42 valence electrons. The van der Waals surface area contributed by atoms with E-state index < -0.39 is 36.2 Å². The molecule has 1 N–H and O–H groups in total. The second-order valence-corrected chi connectivity index (χ2v) is 1.20. The van der Waals surface area contributed by atoms with Gasteiger partial charge in [-0.2, -0.15) is 0 Å². The first kappa shape index (κ1) is 1.47. The highest BCUT2D eigenvalue weighted by molar-refractivity contribution is 5.04. The van der Waals surface area contributed by atoms with Gasteiger partial charge in [0.05, 0.1) is 4.11 Å². The molecule has 0 amide bonds. The lowest BCUT2D eigenvalue weighted by Crippen LogP contribution is -2.00. The molecule has 0 aliphatic heterocycles. The number of nitrogens with one attached hydrogen (secondary N) is 1. The molecular weight excluding hydrogens is 102 g/mol. The van der Waals surface area contributed by atoms with Gasteiger partial charge in [0.15, 0.2) is 0 Å². The standard InChI is InChI=1S/C6H7NO/c1-5-2-3-6(8)7-4-5/h2-4H,1H3,(H,7,8)/i1D3,2D,3D,4D. The highest BCUT2D eigenvalue weighted by atomic mass is 16.1. The van der Waals surface area contributed by atoms with Gasteiger partial charge < -0.3 is 4.98 Å².